The average molecular weight is 432 g/mol. The first-order chi connectivity index (χ1) is 12.9. The summed E-state index contributed by atoms with van der Waals surface area (Å²) < 4.78 is 32.8. The van der Waals surface area contributed by atoms with Crippen LogP contribution in [0.2, 0.25) is 0 Å². The highest BCUT2D eigenvalue weighted by atomic mass is 35.5. The van der Waals surface area contributed by atoms with Gasteiger partial charge in [-0.3, -0.25) is 4.79 Å². The molecular weight excluding hydrogens is 402 g/mol. The quantitative estimate of drug-likeness (QED) is 0.610. The molecule has 1 unspecified atom stereocenters. The van der Waals surface area contributed by atoms with E-state index < -0.39 is 15.6 Å². The summed E-state index contributed by atoms with van der Waals surface area (Å²) in [6, 6.07) is 6.53. The van der Waals surface area contributed by atoms with Crippen LogP contribution in [0.3, 0.4) is 0 Å². The number of carbonyl (C=O) groups is 1. The lowest BCUT2D eigenvalue weighted by Crippen LogP contribution is -2.54. The molecule has 4 N–H and O–H groups in total. The Labute approximate surface area is 173 Å². The van der Waals surface area contributed by atoms with Gasteiger partial charge in [0.15, 0.2) is 0 Å². The number of sulfonamides is 1. The number of nitrogens with one attached hydrogen (secondary N) is 2. The second-order valence-electron chi connectivity index (χ2n) is 7.53. The molecule has 1 saturated heterocycles. The summed E-state index contributed by atoms with van der Waals surface area (Å²) in [4.78, 5) is 12.6. The molecule has 28 heavy (non-hydrogen) atoms. The zero-order valence-electron chi connectivity index (χ0n) is 16.0. The Kier molecular flexibility index (Phi) is 8.27. The molecule has 2 fully saturated rings. The van der Waals surface area contributed by atoms with Gasteiger partial charge in [-0.25, -0.2) is 13.1 Å². The van der Waals surface area contributed by atoms with Gasteiger partial charge >= 0.3 is 0 Å². The van der Waals surface area contributed by atoms with E-state index in [0.29, 0.717) is 32.5 Å². The summed E-state index contributed by atoms with van der Waals surface area (Å²) in [5.41, 5.74) is 6.29. The van der Waals surface area contributed by atoms with Crippen molar-refractivity contribution in [2.45, 2.75) is 68.0 Å². The first-order valence-electron chi connectivity index (χ1n) is 9.66. The molecule has 1 aromatic carbocycles. The normalized spacial score (nSPS) is 21.7. The topological polar surface area (TPSA) is 111 Å². The van der Waals surface area contributed by atoms with E-state index >= 15 is 0 Å². The highest BCUT2D eigenvalue weighted by molar-refractivity contribution is 7.89. The fraction of sp³-hybridized carbons (Fsp3) is 0.632. The van der Waals surface area contributed by atoms with E-state index in [1.807, 2.05) is 0 Å². The van der Waals surface area contributed by atoms with Crippen LogP contribution in [0.25, 0.3) is 0 Å². The van der Waals surface area contributed by atoms with Crippen molar-refractivity contribution in [1.82, 2.24) is 10.0 Å². The molecule has 7 nitrogen and oxygen atoms in total. The number of benzene rings is 1. The summed E-state index contributed by atoms with van der Waals surface area (Å²) in [7, 11) is -3.56. The van der Waals surface area contributed by atoms with Gasteiger partial charge in [0.1, 0.15) is 0 Å². The molecule has 1 amide bonds. The summed E-state index contributed by atoms with van der Waals surface area (Å²) in [6.45, 7) is 1.32. The van der Waals surface area contributed by atoms with E-state index in [-0.39, 0.29) is 29.3 Å². The maximum atomic E-state index is 12.4. The first kappa shape index (κ1) is 23.1. The van der Waals surface area contributed by atoms with Crippen molar-refractivity contribution < 1.29 is 17.9 Å². The van der Waals surface area contributed by atoms with E-state index in [0.717, 1.165) is 37.7 Å². The van der Waals surface area contributed by atoms with E-state index in [1.165, 1.54) is 0 Å². The molecule has 1 aromatic rings. The maximum Gasteiger partial charge on any atom is 0.240 e. The highest BCUT2D eigenvalue weighted by Gasteiger charge is 2.34. The Hall–Kier alpha value is -1.19. The number of rotatable bonds is 7. The Morgan fingerprint density at radius 1 is 1.14 bits per heavy atom. The van der Waals surface area contributed by atoms with Crippen LogP contribution in [0.15, 0.2) is 29.2 Å². The SMILES string of the molecule is Cl.NC1(C(=O)NCc2ccc(S(=O)(=O)NCC3CCCO3)cc2)CCCCC1. The van der Waals surface area contributed by atoms with Crippen molar-refractivity contribution in [3.8, 4) is 0 Å². The molecule has 3 rings (SSSR count). The lowest BCUT2D eigenvalue weighted by Gasteiger charge is -2.31. The fourth-order valence-electron chi connectivity index (χ4n) is 3.65. The van der Waals surface area contributed by atoms with E-state index in [9.17, 15) is 13.2 Å². The number of carbonyl (C=O) groups excluding carboxylic acids is 1. The predicted molar refractivity (Wildman–Crippen MR) is 110 cm³/mol. The van der Waals surface area contributed by atoms with E-state index in [1.54, 1.807) is 24.3 Å². The molecule has 1 heterocycles. The molecule has 0 aromatic heterocycles. The van der Waals surface area contributed by atoms with Gasteiger partial charge in [-0.2, -0.15) is 0 Å². The zero-order valence-corrected chi connectivity index (χ0v) is 17.6. The maximum absolute atomic E-state index is 12.4. The fourth-order valence-corrected chi connectivity index (χ4v) is 4.71. The molecule has 1 saturated carbocycles. The Bertz CT molecular complexity index is 743. The largest absolute Gasteiger partial charge is 0.377 e. The number of amides is 1. The third-order valence-electron chi connectivity index (χ3n) is 5.41. The van der Waals surface area contributed by atoms with Crippen molar-refractivity contribution in [1.29, 1.82) is 0 Å². The van der Waals surface area contributed by atoms with Gasteiger partial charge < -0.3 is 15.8 Å². The van der Waals surface area contributed by atoms with Crippen LogP contribution >= 0.6 is 12.4 Å². The molecule has 9 heteroatoms. The molecule has 1 atom stereocenters. The summed E-state index contributed by atoms with van der Waals surface area (Å²) in [5.74, 6) is -0.128. The standard InChI is InChI=1S/C19H29N3O4S.ClH/c20-19(10-2-1-3-11-19)18(23)21-13-15-6-8-17(9-7-15)27(24,25)22-14-16-5-4-12-26-16;/h6-9,16,22H,1-5,10-14,20H2,(H,21,23);1H. The molecule has 2 aliphatic rings. The van der Waals surface area contributed by atoms with Crippen LogP contribution < -0.4 is 15.8 Å². The van der Waals surface area contributed by atoms with Crippen molar-refractivity contribution in [2.24, 2.45) is 5.73 Å². The van der Waals surface area contributed by atoms with Crippen LogP contribution in [0.5, 0.6) is 0 Å². The Morgan fingerprint density at radius 2 is 1.82 bits per heavy atom. The van der Waals surface area contributed by atoms with Crippen molar-refractivity contribution >= 4 is 28.3 Å². The molecule has 1 aliphatic carbocycles. The van der Waals surface area contributed by atoms with Crippen LogP contribution in [0.4, 0.5) is 0 Å². The van der Waals surface area contributed by atoms with Crippen molar-refractivity contribution in [3.05, 3.63) is 29.8 Å². The minimum Gasteiger partial charge on any atom is -0.377 e. The van der Waals surface area contributed by atoms with E-state index in [4.69, 9.17) is 10.5 Å². The second-order valence-corrected chi connectivity index (χ2v) is 9.30. The Morgan fingerprint density at radius 3 is 2.43 bits per heavy atom. The summed E-state index contributed by atoms with van der Waals surface area (Å²) >= 11 is 0. The predicted octanol–water partition coefficient (Wildman–Crippen LogP) is 1.84. The third kappa shape index (κ3) is 5.90. The van der Waals surface area contributed by atoms with E-state index in [2.05, 4.69) is 10.0 Å². The second kappa shape index (κ2) is 10.0. The minimum absolute atomic E-state index is 0. The number of hydrogen-bond donors (Lipinski definition) is 3. The first-order valence-corrected chi connectivity index (χ1v) is 11.1. The molecule has 0 spiro atoms. The molecular formula is C19H30ClN3O4S. The molecule has 1 aliphatic heterocycles. The molecule has 0 radical (unpaired) electrons. The van der Waals surface area contributed by atoms with Gasteiger partial charge in [0.2, 0.25) is 15.9 Å². The number of hydrogen-bond acceptors (Lipinski definition) is 5. The van der Waals surface area contributed by atoms with Crippen LogP contribution in [0, 0.1) is 0 Å². The monoisotopic (exact) mass is 431 g/mol. The molecule has 158 valence electrons. The Balaban J connectivity index is 0.00000280. The number of ether oxygens (including phenoxy) is 1. The van der Waals surface area contributed by atoms with Gasteiger partial charge in [0, 0.05) is 19.7 Å². The number of halogens is 1. The average Bonchev–Trinajstić information content (AvgIpc) is 3.19. The van der Waals surface area contributed by atoms with Gasteiger partial charge in [-0.1, -0.05) is 31.4 Å². The van der Waals surface area contributed by atoms with Gasteiger partial charge in [0.05, 0.1) is 16.5 Å². The smallest absolute Gasteiger partial charge is 0.240 e. The number of nitrogens with two attached hydrogens (primary N) is 1. The highest BCUT2D eigenvalue weighted by Crippen LogP contribution is 2.26. The molecule has 0 bridgehead atoms. The van der Waals surface area contributed by atoms with Crippen molar-refractivity contribution in [3.63, 3.8) is 0 Å². The van der Waals surface area contributed by atoms with Crippen LogP contribution in [-0.2, 0) is 26.1 Å². The minimum atomic E-state index is -3.56. The van der Waals surface area contributed by atoms with Crippen molar-refractivity contribution in [2.75, 3.05) is 13.2 Å². The zero-order chi connectivity index (χ0) is 19.3. The van der Waals surface area contributed by atoms with Crippen LogP contribution in [-0.4, -0.2) is 39.1 Å². The lowest BCUT2D eigenvalue weighted by molar-refractivity contribution is -0.127. The van der Waals surface area contributed by atoms with Gasteiger partial charge in [0.25, 0.3) is 0 Å². The van der Waals surface area contributed by atoms with Crippen LogP contribution in [0.1, 0.15) is 50.5 Å². The lowest BCUT2D eigenvalue weighted by atomic mass is 9.82. The third-order valence-corrected chi connectivity index (χ3v) is 6.85. The van der Waals surface area contributed by atoms with Gasteiger partial charge in [-0.05, 0) is 43.4 Å². The van der Waals surface area contributed by atoms with Gasteiger partial charge in [-0.15, -0.1) is 12.4 Å². The summed E-state index contributed by atoms with van der Waals surface area (Å²) in [5, 5.41) is 2.88. The summed E-state index contributed by atoms with van der Waals surface area (Å²) in [6.07, 6.45) is 6.32.